The molecule has 3 unspecified atom stereocenters. The number of carbonyl (C=O) groups is 2. The SMILES string of the molecule is CC/C=C/C=C/C=C/C=C\CCCCCCCC(=O)OC(CCCCCCCCCCCC)CC(=O)NC(CO)C(O)CCCCCCCCCCCCCCC. The Morgan fingerprint density at radius 2 is 0.947 bits per heavy atom. The van der Waals surface area contributed by atoms with Crippen molar-refractivity contribution >= 4 is 11.9 Å². The van der Waals surface area contributed by atoms with Gasteiger partial charge < -0.3 is 20.3 Å². The van der Waals surface area contributed by atoms with Crippen LogP contribution in [0.15, 0.2) is 48.6 Å². The van der Waals surface area contributed by atoms with Crippen LogP contribution in [0, 0.1) is 0 Å². The molecule has 6 nitrogen and oxygen atoms in total. The van der Waals surface area contributed by atoms with E-state index in [1.807, 2.05) is 18.2 Å². The molecule has 1 amide bonds. The van der Waals surface area contributed by atoms with Crippen molar-refractivity contribution in [2.24, 2.45) is 0 Å². The molecule has 3 N–H and O–H groups in total. The number of ether oxygens (including phenoxy) is 1. The van der Waals surface area contributed by atoms with Crippen molar-refractivity contribution in [3.8, 4) is 0 Å². The van der Waals surface area contributed by atoms with Crippen LogP contribution in [-0.2, 0) is 14.3 Å². The molecule has 0 heterocycles. The van der Waals surface area contributed by atoms with Crippen LogP contribution in [-0.4, -0.2) is 46.9 Å². The second-order valence-electron chi connectivity index (χ2n) is 16.6. The Morgan fingerprint density at radius 1 is 0.526 bits per heavy atom. The van der Waals surface area contributed by atoms with Crippen LogP contribution in [0.1, 0.15) is 239 Å². The number of hydrogen-bond donors (Lipinski definition) is 3. The van der Waals surface area contributed by atoms with Gasteiger partial charge >= 0.3 is 5.97 Å². The molecule has 0 aromatic rings. The average molecular weight is 800 g/mol. The van der Waals surface area contributed by atoms with Crippen LogP contribution in [0.4, 0.5) is 0 Å². The maximum atomic E-state index is 13.1. The second kappa shape index (κ2) is 44.9. The van der Waals surface area contributed by atoms with Crippen LogP contribution < -0.4 is 5.32 Å². The monoisotopic (exact) mass is 800 g/mol. The van der Waals surface area contributed by atoms with Gasteiger partial charge in [0.25, 0.3) is 0 Å². The smallest absolute Gasteiger partial charge is 0.306 e. The van der Waals surface area contributed by atoms with Gasteiger partial charge in [0.15, 0.2) is 0 Å². The lowest BCUT2D eigenvalue weighted by molar-refractivity contribution is -0.151. The standard InChI is InChI=1S/C51H93NO5/c1-4-7-10-13-16-19-22-24-25-27-29-32-35-38-41-44-51(56)57-47(42-39-36-33-30-21-18-15-12-9-6-3)45-50(55)52-48(46-53)49(54)43-40-37-34-31-28-26-23-20-17-14-11-8-5-2/h7,10,13,16,19,22,24-25,47-49,53-54H,4-6,8-9,11-12,14-15,17-18,20-21,23,26-46H2,1-3H3,(H,52,55)/b10-7+,16-13+,22-19+,25-24-. The van der Waals surface area contributed by atoms with Gasteiger partial charge in [-0.3, -0.25) is 9.59 Å². The Bertz CT molecular complexity index is 988. The summed E-state index contributed by atoms with van der Waals surface area (Å²) in [6, 6.07) is -0.703. The lowest BCUT2D eigenvalue weighted by Gasteiger charge is -2.24. The summed E-state index contributed by atoms with van der Waals surface area (Å²) in [7, 11) is 0. The predicted octanol–water partition coefficient (Wildman–Crippen LogP) is 14.3. The molecule has 0 saturated carbocycles. The molecule has 0 rings (SSSR count). The van der Waals surface area contributed by atoms with E-state index in [9.17, 15) is 19.8 Å². The lowest BCUT2D eigenvalue weighted by atomic mass is 10.0. The summed E-state index contributed by atoms with van der Waals surface area (Å²) in [6.45, 7) is 6.33. The number of aliphatic hydroxyl groups excluding tert-OH is 2. The molecule has 0 fully saturated rings. The van der Waals surface area contributed by atoms with Crippen LogP contribution >= 0.6 is 0 Å². The fourth-order valence-corrected chi connectivity index (χ4v) is 7.32. The third-order valence-corrected chi connectivity index (χ3v) is 11.0. The van der Waals surface area contributed by atoms with E-state index in [0.29, 0.717) is 19.3 Å². The minimum atomic E-state index is -0.789. The van der Waals surface area contributed by atoms with E-state index in [0.717, 1.165) is 77.0 Å². The number of aliphatic hydroxyl groups is 2. The topological polar surface area (TPSA) is 95.9 Å². The lowest BCUT2D eigenvalue weighted by Crippen LogP contribution is -2.46. The molecule has 0 aliphatic rings. The predicted molar refractivity (Wildman–Crippen MR) is 245 cm³/mol. The Balaban J connectivity index is 4.56. The number of unbranched alkanes of at least 4 members (excludes halogenated alkanes) is 26. The van der Waals surface area contributed by atoms with E-state index in [1.165, 1.54) is 116 Å². The highest BCUT2D eigenvalue weighted by molar-refractivity contribution is 5.77. The summed E-state index contributed by atoms with van der Waals surface area (Å²) >= 11 is 0. The van der Waals surface area contributed by atoms with E-state index in [1.54, 1.807) is 0 Å². The summed E-state index contributed by atoms with van der Waals surface area (Å²) in [6.07, 6.45) is 53.1. The molecule has 3 atom stereocenters. The first-order valence-corrected chi connectivity index (χ1v) is 24.4. The molecule has 0 aliphatic heterocycles. The molecule has 0 radical (unpaired) electrons. The zero-order chi connectivity index (χ0) is 41.7. The summed E-state index contributed by atoms with van der Waals surface area (Å²) in [5.74, 6) is -0.497. The normalized spacial score (nSPS) is 13.7. The van der Waals surface area contributed by atoms with Crippen LogP contribution in [0.5, 0.6) is 0 Å². The van der Waals surface area contributed by atoms with Crippen molar-refractivity contribution in [2.75, 3.05) is 6.61 Å². The number of esters is 1. The molecule has 0 bridgehead atoms. The number of nitrogens with one attached hydrogen (secondary N) is 1. The summed E-state index contributed by atoms with van der Waals surface area (Å²) in [4.78, 5) is 26.0. The van der Waals surface area contributed by atoms with Crippen molar-refractivity contribution in [1.82, 2.24) is 5.32 Å². The molecule has 6 heteroatoms. The van der Waals surface area contributed by atoms with E-state index in [2.05, 4.69) is 56.5 Å². The first kappa shape index (κ1) is 54.8. The van der Waals surface area contributed by atoms with Gasteiger partial charge in [-0.25, -0.2) is 0 Å². The van der Waals surface area contributed by atoms with E-state index in [4.69, 9.17) is 4.74 Å². The van der Waals surface area contributed by atoms with Crippen LogP contribution in [0.3, 0.4) is 0 Å². The minimum Gasteiger partial charge on any atom is -0.462 e. The third-order valence-electron chi connectivity index (χ3n) is 11.0. The van der Waals surface area contributed by atoms with Gasteiger partial charge in [0.2, 0.25) is 5.91 Å². The fourth-order valence-electron chi connectivity index (χ4n) is 7.32. The fraction of sp³-hybridized carbons (Fsp3) is 0.804. The van der Waals surface area contributed by atoms with Crippen molar-refractivity contribution < 1.29 is 24.5 Å². The van der Waals surface area contributed by atoms with Gasteiger partial charge in [-0.15, -0.1) is 0 Å². The van der Waals surface area contributed by atoms with E-state index >= 15 is 0 Å². The van der Waals surface area contributed by atoms with Gasteiger partial charge in [-0.2, -0.15) is 0 Å². The first-order chi connectivity index (χ1) is 28.0. The number of allylic oxidation sites excluding steroid dienone is 8. The Kier molecular flexibility index (Phi) is 43.2. The minimum absolute atomic E-state index is 0.0695. The quantitative estimate of drug-likeness (QED) is 0.0324. The first-order valence-electron chi connectivity index (χ1n) is 24.4. The molecular weight excluding hydrogens is 707 g/mol. The van der Waals surface area contributed by atoms with Crippen LogP contribution in [0.2, 0.25) is 0 Å². The maximum absolute atomic E-state index is 13.1. The highest BCUT2D eigenvalue weighted by Crippen LogP contribution is 2.18. The molecule has 0 aromatic heterocycles. The molecule has 57 heavy (non-hydrogen) atoms. The van der Waals surface area contributed by atoms with Gasteiger partial charge in [0.1, 0.15) is 6.10 Å². The molecule has 0 saturated heterocycles. The van der Waals surface area contributed by atoms with Crippen molar-refractivity contribution in [3.05, 3.63) is 48.6 Å². The highest BCUT2D eigenvalue weighted by Gasteiger charge is 2.24. The largest absolute Gasteiger partial charge is 0.462 e. The Labute approximate surface area is 353 Å². The summed E-state index contributed by atoms with van der Waals surface area (Å²) in [5.41, 5.74) is 0. The number of amides is 1. The van der Waals surface area contributed by atoms with Crippen molar-refractivity contribution in [2.45, 2.75) is 257 Å². The molecule has 0 aromatic carbocycles. The summed E-state index contributed by atoms with van der Waals surface area (Å²) < 4.78 is 5.90. The number of rotatable bonds is 43. The number of hydrogen-bond acceptors (Lipinski definition) is 5. The van der Waals surface area contributed by atoms with Gasteiger partial charge in [-0.05, 0) is 44.9 Å². The zero-order valence-corrected chi connectivity index (χ0v) is 37.7. The van der Waals surface area contributed by atoms with Crippen molar-refractivity contribution in [1.29, 1.82) is 0 Å². The Hall–Kier alpha value is -2.18. The number of carbonyl (C=O) groups excluding carboxylic acids is 2. The second-order valence-corrected chi connectivity index (χ2v) is 16.6. The maximum Gasteiger partial charge on any atom is 0.306 e. The van der Waals surface area contributed by atoms with E-state index < -0.39 is 18.2 Å². The van der Waals surface area contributed by atoms with Gasteiger partial charge in [0, 0.05) is 6.42 Å². The molecule has 332 valence electrons. The molecule has 0 aliphatic carbocycles. The average Bonchev–Trinajstić information content (AvgIpc) is 3.20. The van der Waals surface area contributed by atoms with Crippen LogP contribution in [0.25, 0.3) is 0 Å². The van der Waals surface area contributed by atoms with E-state index in [-0.39, 0.29) is 24.9 Å². The zero-order valence-electron chi connectivity index (χ0n) is 37.7. The van der Waals surface area contributed by atoms with Gasteiger partial charge in [0.05, 0.1) is 25.2 Å². The van der Waals surface area contributed by atoms with Gasteiger partial charge in [-0.1, -0.05) is 230 Å². The van der Waals surface area contributed by atoms with Crippen molar-refractivity contribution in [3.63, 3.8) is 0 Å². The highest BCUT2D eigenvalue weighted by atomic mass is 16.5. The third kappa shape index (κ3) is 40.4. The molecular formula is C51H93NO5. The Morgan fingerprint density at radius 3 is 1.44 bits per heavy atom. The molecule has 0 spiro atoms. The summed E-state index contributed by atoms with van der Waals surface area (Å²) in [5, 5.41) is 23.7.